The molecule has 11 heteroatoms. The number of rotatable bonds is 8. The first kappa shape index (κ1) is 27.3. The molecule has 3 N–H and O–H groups in total. The number of nitrogen functional groups attached to an aromatic ring is 1. The number of hydrogen-bond acceptors (Lipinski definition) is 9. The second-order valence-electron chi connectivity index (χ2n) is 10.4. The zero-order chi connectivity index (χ0) is 27.7. The van der Waals surface area contributed by atoms with Crippen LogP contribution in [0.3, 0.4) is 0 Å². The number of nitrogens with zero attached hydrogens (tertiary/aromatic N) is 4. The minimum absolute atomic E-state index is 0.0193. The predicted molar refractivity (Wildman–Crippen MR) is 146 cm³/mol. The Hall–Kier alpha value is -3.73. The number of carbonyl (C=O) groups is 1. The molecule has 0 spiro atoms. The molecule has 1 aliphatic rings. The molecule has 1 unspecified atom stereocenters. The molecular weight excluding hydrogens is 504 g/mol. The molecule has 0 aromatic carbocycles. The fraction of sp³-hybridized carbons (Fsp3) is 0.407. The van der Waals surface area contributed by atoms with Crippen LogP contribution < -0.4 is 20.1 Å². The lowest BCUT2D eigenvalue weighted by Crippen LogP contribution is -2.41. The Bertz CT molecular complexity index is 1440. The Balaban J connectivity index is 1.72. The van der Waals surface area contributed by atoms with E-state index in [1.165, 1.54) is 18.2 Å². The average molecular weight is 539 g/mol. The van der Waals surface area contributed by atoms with E-state index in [9.17, 15) is 13.2 Å². The first-order valence-electron chi connectivity index (χ1n) is 12.6. The molecule has 1 aliphatic heterocycles. The molecule has 0 radical (unpaired) electrons. The predicted octanol–water partition coefficient (Wildman–Crippen LogP) is 4.04. The lowest BCUT2D eigenvalue weighted by Gasteiger charge is -2.34. The van der Waals surface area contributed by atoms with Crippen LogP contribution in [0, 0.1) is 5.92 Å². The fourth-order valence-electron chi connectivity index (χ4n) is 4.23. The third kappa shape index (κ3) is 5.88. The molecule has 38 heavy (non-hydrogen) atoms. The Morgan fingerprint density at radius 3 is 2.39 bits per heavy atom. The van der Waals surface area contributed by atoms with Crippen molar-refractivity contribution >= 4 is 27.6 Å². The van der Waals surface area contributed by atoms with Gasteiger partial charge in [-0.3, -0.25) is 4.79 Å². The van der Waals surface area contributed by atoms with Crippen LogP contribution in [0.25, 0.3) is 11.4 Å². The maximum Gasteiger partial charge on any atom is 0.281 e. The molecule has 0 bridgehead atoms. The number of anilines is 2. The highest BCUT2D eigenvalue weighted by Gasteiger charge is 2.36. The van der Waals surface area contributed by atoms with E-state index in [0.717, 1.165) is 12.8 Å². The van der Waals surface area contributed by atoms with Crippen LogP contribution in [-0.2, 0) is 10.0 Å². The number of sulfonamides is 1. The number of pyridine rings is 3. The number of nitrogens with one attached hydrogen (secondary N) is 1. The van der Waals surface area contributed by atoms with E-state index in [-0.39, 0.29) is 28.1 Å². The van der Waals surface area contributed by atoms with Gasteiger partial charge in [-0.2, -0.15) is 8.42 Å². The van der Waals surface area contributed by atoms with Gasteiger partial charge in [-0.05, 0) is 69.9 Å². The summed E-state index contributed by atoms with van der Waals surface area (Å²) >= 11 is 0. The van der Waals surface area contributed by atoms with Gasteiger partial charge in [0, 0.05) is 18.2 Å². The molecule has 10 nitrogen and oxygen atoms in total. The second kappa shape index (κ2) is 10.6. The largest absolute Gasteiger partial charge is 0.474 e. The van der Waals surface area contributed by atoms with Gasteiger partial charge in [0.1, 0.15) is 11.6 Å². The quantitative estimate of drug-likeness (QED) is 0.435. The third-order valence-electron chi connectivity index (χ3n) is 6.76. The lowest BCUT2D eigenvalue weighted by atomic mass is 10.0. The van der Waals surface area contributed by atoms with E-state index in [0.29, 0.717) is 35.5 Å². The Morgan fingerprint density at radius 2 is 1.74 bits per heavy atom. The van der Waals surface area contributed by atoms with Crippen molar-refractivity contribution in [2.45, 2.75) is 64.1 Å². The van der Waals surface area contributed by atoms with Gasteiger partial charge in [-0.15, -0.1) is 0 Å². The summed E-state index contributed by atoms with van der Waals surface area (Å²) < 4.78 is 33.9. The first-order valence-corrected chi connectivity index (χ1v) is 14.1. The van der Waals surface area contributed by atoms with Crippen molar-refractivity contribution in [2.24, 2.45) is 5.92 Å². The second-order valence-corrected chi connectivity index (χ2v) is 12.0. The molecule has 1 atom stereocenters. The standard InChI is InChI=1S/C27H34N6O4S/c1-17(2)18(3)37-23-11-6-9-20(29-23)21-14-13-19(25(30-21)33-16-8-15-27(33,4)5)26(34)32-38(35,36)24-12-7-10-22(28)31-24/h6-7,9-14,17-18H,8,15-16H2,1-5H3,(H2,28,31)(H,32,34). The van der Waals surface area contributed by atoms with E-state index < -0.39 is 15.9 Å². The fourth-order valence-corrected chi connectivity index (χ4v) is 5.18. The van der Waals surface area contributed by atoms with Crippen LogP contribution in [0.15, 0.2) is 53.6 Å². The van der Waals surface area contributed by atoms with Gasteiger partial charge in [0.25, 0.3) is 15.9 Å². The van der Waals surface area contributed by atoms with E-state index in [1.807, 2.05) is 24.0 Å². The minimum Gasteiger partial charge on any atom is -0.474 e. The number of carbonyl (C=O) groups excluding carboxylic acids is 1. The SMILES string of the molecule is CC(C)C(C)Oc1cccc(-c2ccc(C(=O)NS(=O)(=O)c3cccc(N)n3)c(N3CCCC3(C)C)n2)n1. The average Bonchev–Trinajstić information content (AvgIpc) is 3.22. The molecule has 4 rings (SSSR count). The van der Waals surface area contributed by atoms with Gasteiger partial charge >= 0.3 is 0 Å². The summed E-state index contributed by atoms with van der Waals surface area (Å²) in [6.45, 7) is 11.0. The van der Waals surface area contributed by atoms with Crippen molar-refractivity contribution in [3.05, 3.63) is 54.1 Å². The van der Waals surface area contributed by atoms with Crippen LogP contribution >= 0.6 is 0 Å². The van der Waals surface area contributed by atoms with Crippen molar-refractivity contribution in [3.8, 4) is 17.3 Å². The minimum atomic E-state index is -4.25. The topological polar surface area (TPSA) is 140 Å². The smallest absolute Gasteiger partial charge is 0.281 e. The van der Waals surface area contributed by atoms with Gasteiger partial charge < -0.3 is 15.4 Å². The molecule has 0 aliphatic carbocycles. The van der Waals surface area contributed by atoms with E-state index in [1.54, 1.807) is 18.2 Å². The van der Waals surface area contributed by atoms with E-state index >= 15 is 0 Å². The van der Waals surface area contributed by atoms with Gasteiger partial charge in [-0.1, -0.05) is 26.0 Å². The Morgan fingerprint density at radius 1 is 1.03 bits per heavy atom. The highest BCUT2D eigenvalue weighted by atomic mass is 32.2. The zero-order valence-electron chi connectivity index (χ0n) is 22.3. The first-order chi connectivity index (χ1) is 17.9. The van der Waals surface area contributed by atoms with Gasteiger partial charge in [0.2, 0.25) is 5.88 Å². The van der Waals surface area contributed by atoms with Crippen LogP contribution in [-0.4, -0.2) is 47.5 Å². The summed E-state index contributed by atoms with van der Waals surface area (Å²) in [5.74, 6) is 0.423. The highest BCUT2D eigenvalue weighted by Crippen LogP contribution is 2.36. The van der Waals surface area contributed by atoms with Crippen molar-refractivity contribution < 1.29 is 17.9 Å². The number of nitrogens with two attached hydrogens (primary N) is 1. The third-order valence-corrected chi connectivity index (χ3v) is 7.99. The molecule has 1 amide bonds. The van der Waals surface area contributed by atoms with Crippen molar-refractivity contribution in [3.63, 3.8) is 0 Å². The zero-order valence-corrected chi connectivity index (χ0v) is 23.1. The van der Waals surface area contributed by atoms with Gasteiger partial charge in [0.15, 0.2) is 5.03 Å². The maximum atomic E-state index is 13.3. The molecule has 3 aromatic heterocycles. The van der Waals surface area contributed by atoms with Crippen LogP contribution in [0.2, 0.25) is 0 Å². The number of aromatic nitrogens is 3. The highest BCUT2D eigenvalue weighted by molar-refractivity contribution is 7.90. The Kier molecular flexibility index (Phi) is 7.59. The summed E-state index contributed by atoms with van der Waals surface area (Å²) in [6, 6.07) is 12.9. The molecule has 1 fully saturated rings. The van der Waals surface area contributed by atoms with E-state index in [4.69, 9.17) is 15.5 Å². The van der Waals surface area contributed by atoms with Crippen LogP contribution in [0.1, 0.15) is 57.8 Å². The van der Waals surface area contributed by atoms with E-state index in [2.05, 4.69) is 42.4 Å². The molecular formula is C27H34N6O4S. The van der Waals surface area contributed by atoms with Crippen molar-refractivity contribution in [1.29, 1.82) is 0 Å². The molecule has 4 heterocycles. The molecule has 3 aromatic rings. The van der Waals surface area contributed by atoms with Gasteiger partial charge in [-0.25, -0.2) is 19.7 Å². The molecule has 1 saturated heterocycles. The molecule has 0 saturated carbocycles. The summed E-state index contributed by atoms with van der Waals surface area (Å²) in [4.78, 5) is 28.7. The lowest BCUT2D eigenvalue weighted by molar-refractivity contribution is 0.0981. The monoisotopic (exact) mass is 538 g/mol. The van der Waals surface area contributed by atoms with Gasteiger partial charge in [0.05, 0.1) is 23.1 Å². The normalized spacial score (nSPS) is 15.9. The Labute approximate surface area is 223 Å². The summed E-state index contributed by atoms with van der Waals surface area (Å²) in [7, 11) is -4.25. The van der Waals surface area contributed by atoms with Crippen LogP contribution in [0.5, 0.6) is 5.88 Å². The number of amides is 1. The summed E-state index contributed by atoms with van der Waals surface area (Å²) in [5.41, 5.74) is 6.62. The number of hydrogen-bond donors (Lipinski definition) is 2. The summed E-state index contributed by atoms with van der Waals surface area (Å²) in [5, 5.41) is -0.338. The van der Waals surface area contributed by atoms with Crippen molar-refractivity contribution in [1.82, 2.24) is 19.7 Å². The maximum absolute atomic E-state index is 13.3. The molecule has 202 valence electrons. The summed E-state index contributed by atoms with van der Waals surface area (Å²) in [6.07, 6.45) is 1.80. The van der Waals surface area contributed by atoms with Crippen molar-refractivity contribution in [2.75, 3.05) is 17.2 Å². The van der Waals surface area contributed by atoms with Crippen LogP contribution in [0.4, 0.5) is 11.6 Å². The number of ether oxygens (including phenoxy) is 1.